The number of carbonyl (C=O) groups excluding carboxylic acids is 1. The smallest absolute Gasteiger partial charge is 0.416 e. The molecule has 0 saturated heterocycles. The van der Waals surface area contributed by atoms with Gasteiger partial charge in [0.2, 0.25) is 5.91 Å². The number of alkyl halides is 3. The van der Waals surface area contributed by atoms with E-state index in [0.29, 0.717) is 27.9 Å². The van der Waals surface area contributed by atoms with E-state index in [-0.39, 0.29) is 36.1 Å². The minimum atomic E-state index is -4.51. The molecular weight excluding hydrogens is 453 g/mol. The molecule has 0 spiro atoms. The Labute approximate surface area is 191 Å². The van der Waals surface area contributed by atoms with Crippen LogP contribution >= 0.6 is 0 Å². The number of hydrogen-bond acceptors (Lipinski definition) is 5. The van der Waals surface area contributed by atoms with E-state index in [1.807, 2.05) is 0 Å². The van der Waals surface area contributed by atoms with Crippen molar-refractivity contribution in [3.63, 3.8) is 0 Å². The molecule has 2 N–H and O–H groups in total. The Morgan fingerprint density at radius 3 is 2.56 bits per heavy atom. The molecule has 0 atom stereocenters. The fourth-order valence-electron chi connectivity index (χ4n) is 3.73. The van der Waals surface area contributed by atoms with Crippen LogP contribution in [0.3, 0.4) is 0 Å². The molecule has 0 aliphatic carbocycles. The number of aromatic nitrogens is 3. The summed E-state index contributed by atoms with van der Waals surface area (Å²) in [6, 6.07) is 8.46. The van der Waals surface area contributed by atoms with Crippen molar-refractivity contribution in [3.05, 3.63) is 64.2 Å². The van der Waals surface area contributed by atoms with Crippen molar-refractivity contribution in [2.75, 3.05) is 14.2 Å². The van der Waals surface area contributed by atoms with Crippen LogP contribution in [0.1, 0.15) is 17.5 Å². The fraction of sp³-hybridized carbons (Fsp3) is 0.261. The van der Waals surface area contributed by atoms with E-state index in [9.17, 15) is 22.8 Å². The first kappa shape index (κ1) is 23.1. The summed E-state index contributed by atoms with van der Waals surface area (Å²) in [5, 5.41) is 3.15. The maximum Gasteiger partial charge on any atom is 0.416 e. The molecule has 0 unspecified atom stereocenters. The van der Waals surface area contributed by atoms with Gasteiger partial charge in [-0.25, -0.2) is 4.98 Å². The summed E-state index contributed by atoms with van der Waals surface area (Å²) in [6.45, 7) is -0.261. The lowest BCUT2D eigenvalue weighted by Gasteiger charge is -2.13. The first-order chi connectivity index (χ1) is 16.2. The van der Waals surface area contributed by atoms with Crippen LogP contribution in [0.5, 0.6) is 11.5 Å². The molecule has 4 rings (SSSR count). The predicted molar refractivity (Wildman–Crippen MR) is 119 cm³/mol. The molecule has 0 bridgehead atoms. The molecule has 4 aromatic rings. The van der Waals surface area contributed by atoms with Crippen LogP contribution < -0.4 is 20.3 Å². The maximum atomic E-state index is 13.1. The lowest BCUT2D eigenvalue weighted by atomic mass is 10.1. The van der Waals surface area contributed by atoms with Crippen LogP contribution in [0, 0.1) is 0 Å². The van der Waals surface area contributed by atoms with E-state index in [1.165, 1.54) is 43.3 Å². The second-order valence-corrected chi connectivity index (χ2v) is 7.53. The molecule has 34 heavy (non-hydrogen) atoms. The van der Waals surface area contributed by atoms with Crippen LogP contribution in [-0.4, -0.2) is 34.7 Å². The van der Waals surface area contributed by atoms with Crippen LogP contribution in [-0.2, 0) is 24.1 Å². The van der Waals surface area contributed by atoms with Crippen molar-refractivity contribution in [3.8, 4) is 11.5 Å². The Morgan fingerprint density at radius 2 is 1.85 bits per heavy atom. The summed E-state index contributed by atoms with van der Waals surface area (Å²) >= 11 is 0. The zero-order chi connectivity index (χ0) is 24.5. The molecule has 0 fully saturated rings. The van der Waals surface area contributed by atoms with Gasteiger partial charge in [-0.05, 0) is 17.7 Å². The highest BCUT2D eigenvalue weighted by atomic mass is 19.4. The number of rotatable bonds is 7. The van der Waals surface area contributed by atoms with Crippen molar-refractivity contribution >= 4 is 27.8 Å². The van der Waals surface area contributed by atoms with Crippen molar-refractivity contribution in [2.24, 2.45) is 0 Å². The van der Waals surface area contributed by atoms with Gasteiger partial charge in [-0.1, -0.05) is 18.2 Å². The third kappa shape index (κ3) is 4.41. The number of carbonyl (C=O) groups is 1. The first-order valence-electron chi connectivity index (χ1n) is 10.3. The fourth-order valence-corrected chi connectivity index (χ4v) is 3.73. The van der Waals surface area contributed by atoms with E-state index in [4.69, 9.17) is 9.47 Å². The molecule has 2 heterocycles. The van der Waals surface area contributed by atoms with Gasteiger partial charge in [0.15, 0.2) is 11.5 Å². The quantitative estimate of drug-likeness (QED) is 0.426. The summed E-state index contributed by atoms with van der Waals surface area (Å²) in [6.07, 6.45) is -3.28. The SMILES string of the molecule is COc1cc2[nH]c3c(=O)n(CCC(=O)NCc4ccccc4C(F)(F)F)cnc3c2cc1OC. The maximum absolute atomic E-state index is 13.1. The summed E-state index contributed by atoms with van der Waals surface area (Å²) in [4.78, 5) is 32.5. The summed E-state index contributed by atoms with van der Waals surface area (Å²) in [5.74, 6) is 0.492. The second kappa shape index (κ2) is 9.08. The van der Waals surface area contributed by atoms with E-state index in [2.05, 4.69) is 15.3 Å². The van der Waals surface area contributed by atoms with E-state index < -0.39 is 17.6 Å². The third-order valence-electron chi connectivity index (χ3n) is 5.45. The van der Waals surface area contributed by atoms with Gasteiger partial charge in [-0.2, -0.15) is 13.2 Å². The average Bonchev–Trinajstić information content (AvgIpc) is 3.19. The molecule has 11 heteroatoms. The lowest BCUT2D eigenvalue weighted by molar-refractivity contribution is -0.138. The number of nitrogens with one attached hydrogen (secondary N) is 2. The Morgan fingerprint density at radius 1 is 1.15 bits per heavy atom. The Bertz CT molecular complexity index is 1430. The van der Waals surface area contributed by atoms with Crippen molar-refractivity contribution in [1.82, 2.24) is 19.9 Å². The monoisotopic (exact) mass is 474 g/mol. The zero-order valence-corrected chi connectivity index (χ0v) is 18.3. The van der Waals surface area contributed by atoms with Gasteiger partial charge in [-0.15, -0.1) is 0 Å². The summed E-state index contributed by atoms with van der Waals surface area (Å²) in [7, 11) is 3.01. The number of H-pyrrole nitrogens is 1. The number of methoxy groups -OCH3 is 2. The van der Waals surface area contributed by atoms with Crippen molar-refractivity contribution in [1.29, 1.82) is 0 Å². The number of nitrogens with zero attached hydrogens (tertiary/aromatic N) is 2. The van der Waals surface area contributed by atoms with Gasteiger partial charge in [0, 0.05) is 31.0 Å². The number of amides is 1. The van der Waals surface area contributed by atoms with E-state index in [1.54, 1.807) is 12.1 Å². The van der Waals surface area contributed by atoms with Crippen LogP contribution in [0.25, 0.3) is 21.9 Å². The molecule has 0 saturated carbocycles. The highest BCUT2D eigenvalue weighted by molar-refractivity contribution is 6.05. The molecular formula is C23H21F3N4O4. The van der Waals surface area contributed by atoms with E-state index >= 15 is 0 Å². The average molecular weight is 474 g/mol. The normalized spacial score (nSPS) is 11.7. The Kier molecular flexibility index (Phi) is 6.18. The first-order valence-corrected chi connectivity index (χ1v) is 10.3. The largest absolute Gasteiger partial charge is 0.493 e. The minimum absolute atomic E-state index is 0.0104. The minimum Gasteiger partial charge on any atom is -0.493 e. The molecule has 0 aliphatic rings. The topological polar surface area (TPSA) is 98.2 Å². The Hall–Kier alpha value is -4.02. The van der Waals surface area contributed by atoms with Crippen LogP contribution in [0.4, 0.5) is 13.2 Å². The molecule has 1 amide bonds. The number of ether oxygens (including phenoxy) is 2. The van der Waals surface area contributed by atoms with Gasteiger partial charge in [-0.3, -0.25) is 14.2 Å². The van der Waals surface area contributed by atoms with Crippen LogP contribution in [0.2, 0.25) is 0 Å². The van der Waals surface area contributed by atoms with Gasteiger partial charge in [0.05, 0.1) is 31.6 Å². The highest BCUT2D eigenvalue weighted by Crippen LogP contribution is 2.34. The van der Waals surface area contributed by atoms with Gasteiger partial charge >= 0.3 is 6.18 Å². The third-order valence-corrected chi connectivity index (χ3v) is 5.45. The number of halogens is 3. The van der Waals surface area contributed by atoms with Gasteiger partial charge < -0.3 is 19.8 Å². The van der Waals surface area contributed by atoms with E-state index in [0.717, 1.165) is 6.07 Å². The number of aryl methyl sites for hydroxylation is 1. The highest BCUT2D eigenvalue weighted by Gasteiger charge is 2.32. The molecule has 2 aromatic heterocycles. The molecule has 2 aromatic carbocycles. The lowest BCUT2D eigenvalue weighted by Crippen LogP contribution is -2.28. The van der Waals surface area contributed by atoms with Crippen molar-refractivity contribution in [2.45, 2.75) is 25.7 Å². The zero-order valence-electron chi connectivity index (χ0n) is 18.3. The number of benzene rings is 2. The van der Waals surface area contributed by atoms with Crippen LogP contribution in [0.15, 0.2) is 47.5 Å². The number of fused-ring (bicyclic) bond motifs is 3. The molecule has 0 radical (unpaired) electrons. The second-order valence-electron chi connectivity index (χ2n) is 7.53. The summed E-state index contributed by atoms with van der Waals surface area (Å²) < 4.78 is 51.2. The predicted octanol–water partition coefficient (Wildman–Crippen LogP) is 3.62. The number of hydrogen-bond donors (Lipinski definition) is 2. The molecule has 178 valence electrons. The molecule has 0 aliphatic heterocycles. The summed E-state index contributed by atoms with van der Waals surface area (Å²) in [5.41, 5.74) is 0.129. The van der Waals surface area contributed by atoms with Gasteiger partial charge in [0.1, 0.15) is 11.0 Å². The van der Waals surface area contributed by atoms with Gasteiger partial charge in [0.25, 0.3) is 5.56 Å². The standard InChI is InChI=1S/C23H21F3N4O4/c1-33-17-9-14-16(10-18(17)34-2)29-21-20(14)28-12-30(22(21)32)8-7-19(31)27-11-13-5-3-4-6-15(13)23(24,25)26/h3-6,9-10,12,29H,7-8,11H2,1-2H3,(H,27,31). The van der Waals surface area contributed by atoms with Crippen molar-refractivity contribution < 1.29 is 27.4 Å². The number of aromatic amines is 1. The Balaban J connectivity index is 1.50. The molecule has 8 nitrogen and oxygen atoms in total.